The lowest BCUT2D eigenvalue weighted by atomic mass is 10.2. The predicted molar refractivity (Wildman–Crippen MR) is 79.9 cm³/mol. The Kier molecular flexibility index (Phi) is 5.75. The molecule has 2 N–H and O–H groups in total. The highest BCUT2D eigenvalue weighted by molar-refractivity contribution is 5.99. The van der Waals surface area contributed by atoms with E-state index in [1.807, 2.05) is 20.8 Å². The normalized spacial score (nSPS) is 10.8. The molecule has 21 heavy (non-hydrogen) atoms. The molecule has 7 heteroatoms. The van der Waals surface area contributed by atoms with Gasteiger partial charge in [-0.05, 0) is 34.6 Å². The summed E-state index contributed by atoms with van der Waals surface area (Å²) in [5, 5.41) is 4.23. The lowest BCUT2D eigenvalue weighted by Crippen LogP contribution is -2.42. The second kappa shape index (κ2) is 7.10. The summed E-state index contributed by atoms with van der Waals surface area (Å²) in [6.45, 7) is 9.76. The van der Waals surface area contributed by atoms with E-state index in [1.165, 1.54) is 4.90 Å². The van der Waals surface area contributed by atoms with Crippen molar-refractivity contribution in [3.63, 3.8) is 0 Å². The van der Waals surface area contributed by atoms with E-state index in [0.29, 0.717) is 23.6 Å². The Bertz CT molecular complexity index is 523. The Morgan fingerprint density at radius 1 is 1.38 bits per heavy atom. The minimum atomic E-state index is -0.433. The first-order valence-corrected chi connectivity index (χ1v) is 7.12. The van der Waals surface area contributed by atoms with E-state index in [4.69, 9.17) is 10.5 Å². The summed E-state index contributed by atoms with van der Waals surface area (Å²) < 4.78 is 6.48. The fourth-order valence-electron chi connectivity index (χ4n) is 2.02. The topological polar surface area (TPSA) is 90.4 Å². The van der Waals surface area contributed by atoms with Crippen LogP contribution in [0.25, 0.3) is 0 Å². The van der Waals surface area contributed by atoms with Gasteiger partial charge in [-0.2, -0.15) is 5.10 Å². The van der Waals surface area contributed by atoms with Crippen LogP contribution in [-0.2, 0) is 16.1 Å². The van der Waals surface area contributed by atoms with Crippen molar-refractivity contribution in [2.24, 2.45) is 0 Å². The van der Waals surface area contributed by atoms with Crippen molar-refractivity contribution in [3.05, 3.63) is 11.4 Å². The van der Waals surface area contributed by atoms with Gasteiger partial charge in [0.1, 0.15) is 12.2 Å². The molecule has 1 aromatic rings. The number of anilines is 1. The molecule has 0 fully saturated rings. The van der Waals surface area contributed by atoms with E-state index in [9.17, 15) is 9.59 Å². The molecule has 7 nitrogen and oxygen atoms in total. The molecule has 0 radical (unpaired) electrons. The van der Waals surface area contributed by atoms with E-state index in [1.54, 1.807) is 18.5 Å². The highest BCUT2D eigenvalue weighted by atomic mass is 16.5. The zero-order valence-corrected chi connectivity index (χ0v) is 13.3. The van der Waals surface area contributed by atoms with Gasteiger partial charge in [-0.25, -0.2) is 0 Å². The zero-order chi connectivity index (χ0) is 16.2. The van der Waals surface area contributed by atoms with Gasteiger partial charge in [-0.1, -0.05) is 0 Å². The van der Waals surface area contributed by atoms with Gasteiger partial charge in [0.2, 0.25) is 0 Å². The van der Waals surface area contributed by atoms with Gasteiger partial charge in [0, 0.05) is 12.6 Å². The van der Waals surface area contributed by atoms with E-state index in [-0.39, 0.29) is 25.1 Å². The van der Waals surface area contributed by atoms with Gasteiger partial charge in [0.05, 0.1) is 18.0 Å². The van der Waals surface area contributed by atoms with Crippen molar-refractivity contribution < 1.29 is 14.3 Å². The molecule has 1 aromatic heterocycles. The number of amides is 1. The Balaban J connectivity index is 3.09. The number of esters is 1. The number of hydrogen-bond acceptors (Lipinski definition) is 5. The molecule has 0 spiro atoms. The van der Waals surface area contributed by atoms with Crippen LogP contribution in [0.3, 0.4) is 0 Å². The SMILES string of the molecule is CCOC(=O)CN(C(=O)c1c(N)c(C)nn1CC)C(C)C. The highest BCUT2D eigenvalue weighted by Gasteiger charge is 2.28. The number of nitrogens with zero attached hydrogens (tertiary/aromatic N) is 3. The number of aromatic nitrogens is 2. The number of nitrogen functional groups attached to an aromatic ring is 1. The third kappa shape index (κ3) is 3.74. The molecule has 0 saturated carbocycles. The minimum absolute atomic E-state index is 0.0995. The van der Waals surface area contributed by atoms with Crippen LogP contribution in [0.1, 0.15) is 43.9 Å². The van der Waals surface area contributed by atoms with Crippen LogP contribution in [0, 0.1) is 6.92 Å². The van der Waals surface area contributed by atoms with Gasteiger partial charge in [-0.3, -0.25) is 14.3 Å². The Morgan fingerprint density at radius 3 is 2.48 bits per heavy atom. The van der Waals surface area contributed by atoms with Crippen molar-refractivity contribution in [2.75, 3.05) is 18.9 Å². The van der Waals surface area contributed by atoms with E-state index in [0.717, 1.165) is 0 Å². The van der Waals surface area contributed by atoms with Crippen LogP contribution >= 0.6 is 0 Å². The zero-order valence-electron chi connectivity index (χ0n) is 13.3. The third-order valence-electron chi connectivity index (χ3n) is 3.16. The summed E-state index contributed by atoms with van der Waals surface area (Å²) in [5.41, 5.74) is 7.26. The first-order chi connectivity index (χ1) is 9.83. The van der Waals surface area contributed by atoms with Crippen LogP contribution in [0.4, 0.5) is 5.69 Å². The van der Waals surface area contributed by atoms with Crippen molar-refractivity contribution in [1.82, 2.24) is 14.7 Å². The van der Waals surface area contributed by atoms with E-state index < -0.39 is 5.97 Å². The van der Waals surface area contributed by atoms with Crippen molar-refractivity contribution >= 4 is 17.6 Å². The summed E-state index contributed by atoms with van der Waals surface area (Å²) in [6.07, 6.45) is 0. The lowest BCUT2D eigenvalue weighted by Gasteiger charge is -2.26. The van der Waals surface area contributed by atoms with Crippen LogP contribution in [0.2, 0.25) is 0 Å². The number of rotatable bonds is 6. The number of ether oxygens (including phenoxy) is 1. The van der Waals surface area contributed by atoms with Crippen molar-refractivity contribution in [1.29, 1.82) is 0 Å². The predicted octanol–water partition coefficient (Wildman–Crippen LogP) is 1.21. The third-order valence-corrected chi connectivity index (χ3v) is 3.16. The van der Waals surface area contributed by atoms with Gasteiger partial charge in [0.15, 0.2) is 0 Å². The van der Waals surface area contributed by atoms with Crippen molar-refractivity contribution in [3.8, 4) is 0 Å². The van der Waals surface area contributed by atoms with Crippen LogP contribution < -0.4 is 5.73 Å². The molecule has 0 aliphatic carbocycles. The fraction of sp³-hybridized carbons (Fsp3) is 0.643. The van der Waals surface area contributed by atoms with Gasteiger partial charge in [-0.15, -0.1) is 0 Å². The molecule has 0 bridgehead atoms. The number of nitrogens with two attached hydrogens (primary N) is 1. The molecular weight excluding hydrogens is 272 g/mol. The quantitative estimate of drug-likeness (QED) is 0.797. The largest absolute Gasteiger partial charge is 0.465 e. The Morgan fingerprint density at radius 2 is 2.00 bits per heavy atom. The maximum Gasteiger partial charge on any atom is 0.325 e. The summed E-state index contributed by atoms with van der Waals surface area (Å²) in [6, 6.07) is -0.151. The first-order valence-electron chi connectivity index (χ1n) is 7.12. The van der Waals surface area contributed by atoms with Gasteiger partial charge in [0.25, 0.3) is 5.91 Å². The number of aryl methyl sites for hydroxylation is 2. The minimum Gasteiger partial charge on any atom is -0.465 e. The second-order valence-corrected chi connectivity index (χ2v) is 5.00. The fourth-order valence-corrected chi connectivity index (χ4v) is 2.02. The van der Waals surface area contributed by atoms with Crippen molar-refractivity contribution in [2.45, 2.75) is 47.2 Å². The van der Waals surface area contributed by atoms with Crippen LogP contribution in [-0.4, -0.2) is 45.8 Å². The molecule has 1 amide bonds. The molecule has 0 aliphatic rings. The summed E-state index contributed by atoms with van der Waals surface area (Å²) in [5.74, 6) is -0.740. The smallest absolute Gasteiger partial charge is 0.325 e. The van der Waals surface area contributed by atoms with Crippen LogP contribution in [0.5, 0.6) is 0 Å². The molecule has 1 heterocycles. The second-order valence-electron chi connectivity index (χ2n) is 5.00. The monoisotopic (exact) mass is 296 g/mol. The average molecular weight is 296 g/mol. The summed E-state index contributed by atoms with van der Waals surface area (Å²) >= 11 is 0. The Labute approximate surface area is 125 Å². The number of hydrogen-bond donors (Lipinski definition) is 1. The van der Waals surface area contributed by atoms with E-state index >= 15 is 0 Å². The maximum atomic E-state index is 12.7. The van der Waals surface area contributed by atoms with E-state index in [2.05, 4.69) is 5.10 Å². The molecule has 0 aliphatic heterocycles. The molecular formula is C14H24N4O3. The molecule has 0 aromatic carbocycles. The average Bonchev–Trinajstić information content (AvgIpc) is 2.71. The van der Waals surface area contributed by atoms with Gasteiger partial charge < -0.3 is 15.4 Å². The van der Waals surface area contributed by atoms with Gasteiger partial charge >= 0.3 is 5.97 Å². The Hall–Kier alpha value is -2.05. The molecule has 0 atom stereocenters. The molecule has 118 valence electrons. The molecule has 0 unspecified atom stereocenters. The van der Waals surface area contributed by atoms with Crippen LogP contribution in [0.15, 0.2) is 0 Å². The summed E-state index contributed by atoms with van der Waals surface area (Å²) in [7, 11) is 0. The maximum absolute atomic E-state index is 12.7. The molecule has 1 rings (SSSR count). The summed E-state index contributed by atoms with van der Waals surface area (Å²) in [4.78, 5) is 25.8. The standard InChI is InChI=1S/C14H24N4O3/c1-6-18-13(12(15)10(5)16-18)14(20)17(9(3)4)8-11(19)21-7-2/h9H,6-8,15H2,1-5H3. The highest BCUT2D eigenvalue weighted by Crippen LogP contribution is 2.19. The molecule has 0 saturated heterocycles. The number of carbonyl (C=O) groups is 2. The lowest BCUT2D eigenvalue weighted by molar-refractivity contribution is -0.144. The first kappa shape index (κ1) is 17.0. The number of carbonyl (C=O) groups excluding carboxylic acids is 2.